The number of hydrogen-bond donors (Lipinski definition) is 0. The summed E-state index contributed by atoms with van der Waals surface area (Å²) >= 11 is 0. The molecule has 0 spiro atoms. The van der Waals surface area contributed by atoms with Gasteiger partial charge in [0.2, 0.25) is 0 Å². The molecule has 3 aromatic rings. The van der Waals surface area contributed by atoms with Gasteiger partial charge in [-0.3, -0.25) is 4.40 Å². The van der Waals surface area contributed by atoms with Gasteiger partial charge in [-0.2, -0.15) is 0 Å². The summed E-state index contributed by atoms with van der Waals surface area (Å²) in [7, 11) is 0. The Morgan fingerprint density at radius 3 is 2.78 bits per heavy atom. The first-order valence-corrected chi connectivity index (χ1v) is 7.78. The molecule has 0 aliphatic rings. The summed E-state index contributed by atoms with van der Waals surface area (Å²) in [5.74, 6) is 1.49. The predicted octanol–water partition coefficient (Wildman–Crippen LogP) is 5.16. The molecule has 0 aliphatic carbocycles. The molecule has 0 fully saturated rings. The lowest BCUT2D eigenvalue weighted by Gasteiger charge is -2.06. The topological polar surface area (TPSA) is 51.2 Å². The molecule has 0 radical (unpaired) electrons. The van der Waals surface area contributed by atoms with Crippen LogP contribution in [0.15, 0.2) is 52.8 Å². The average molecular weight is 308 g/mol. The maximum atomic E-state index is 5.71. The fourth-order valence-electron chi connectivity index (χ4n) is 2.35. The number of azo groups is 1. The number of hydrogen-bond acceptors (Lipinski definition) is 4. The molecule has 5 heteroatoms. The number of pyridine rings is 1. The van der Waals surface area contributed by atoms with E-state index >= 15 is 0 Å². The van der Waals surface area contributed by atoms with Gasteiger partial charge in [-0.1, -0.05) is 19.1 Å². The lowest BCUT2D eigenvalue weighted by molar-refractivity contribution is 0.318. The van der Waals surface area contributed by atoms with Crippen molar-refractivity contribution in [3.8, 4) is 5.75 Å². The van der Waals surface area contributed by atoms with E-state index in [2.05, 4.69) is 22.1 Å². The molecule has 0 amide bonds. The normalized spacial score (nSPS) is 11.4. The minimum absolute atomic E-state index is 0.667. The summed E-state index contributed by atoms with van der Waals surface area (Å²) < 4.78 is 7.66. The Morgan fingerprint density at radius 2 is 1.96 bits per heavy atom. The molecule has 0 saturated heterocycles. The van der Waals surface area contributed by atoms with Crippen LogP contribution in [0.1, 0.15) is 24.6 Å². The van der Waals surface area contributed by atoms with Gasteiger partial charge >= 0.3 is 0 Å². The number of rotatable bonds is 5. The molecule has 0 aliphatic heterocycles. The van der Waals surface area contributed by atoms with Crippen molar-refractivity contribution in [1.29, 1.82) is 0 Å². The molecule has 3 rings (SSSR count). The van der Waals surface area contributed by atoms with E-state index in [1.807, 2.05) is 60.8 Å². The standard InChI is InChI=1S/C18H20N4O/c1-4-11-23-16-8-6-5-7-15(16)20-21-18-14(3)19-17-12-13(2)9-10-22(17)18/h5-10,12H,4,11H2,1-3H3. The molecule has 2 heterocycles. The van der Waals surface area contributed by atoms with Gasteiger partial charge in [-0.15, -0.1) is 10.2 Å². The summed E-state index contributed by atoms with van der Waals surface area (Å²) in [6.07, 6.45) is 2.93. The van der Waals surface area contributed by atoms with Crippen LogP contribution in [-0.2, 0) is 0 Å². The molecular formula is C18H20N4O. The molecule has 0 atom stereocenters. The van der Waals surface area contributed by atoms with E-state index in [1.165, 1.54) is 5.56 Å². The zero-order chi connectivity index (χ0) is 16.2. The molecule has 0 saturated carbocycles. The Bertz CT molecular complexity index is 851. The largest absolute Gasteiger partial charge is 0.491 e. The molecule has 2 aromatic heterocycles. The van der Waals surface area contributed by atoms with Crippen LogP contribution in [0, 0.1) is 13.8 Å². The second-order valence-electron chi connectivity index (χ2n) is 5.47. The summed E-state index contributed by atoms with van der Waals surface area (Å²) in [5.41, 5.74) is 3.63. The first-order valence-electron chi connectivity index (χ1n) is 7.78. The van der Waals surface area contributed by atoms with E-state index in [1.54, 1.807) is 0 Å². The number of ether oxygens (including phenoxy) is 1. The van der Waals surface area contributed by atoms with E-state index < -0.39 is 0 Å². The predicted molar refractivity (Wildman–Crippen MR) is 91.1 cm³/mol. The van der Waals surface area contributed by atoms with Crippen LogP contribution in [0.2, 0.25) is 0 Å². The minimum Gasteiger partial charge on any atom is -0.491 e. The van der Waals surface area contributed by atoms with E-state index in [4.69, 9.17) is 4.74 Å². The third-order valence-corrected chi connectivity index (χ3v) is 3.50. The van der Waals surface area contributed by atoms with Crippen molar-refractivity contribution < 1.29 is 4.74 Å². The molecule has 23 heavy (non-hydrogen) atoms. The Kier molecular flexibility index (Phi) is 4.37. The van der Waals surface area contributed by atoms with Crippen molar-refractivity contribution in [1.82, 2.24) is 9.38 Å². The fourth-order valence-corrected chi connectivity index (χ4v) is 2.35. The number of nitrogens with zero attached hydrogens (tertiary/aromatic N) is 4. The highest BCUT2D eigenvalue weighted by Gasteiger charge is 2.08. The molecule has 0 bridgehead atoms. The number of fused-ring (bicyclic) bond motifs is 1. The number of benzene rings is 1. The highest BCUT2D eigenvalue weighted by Crippen LogP contribution is 2.30. The highest BCUT2D eigenvalue weighted by molar-refractivity contribution is 5.54. The second kappa shape index (κ2) is 6.60. The van der Waals surface area contributed by atoms with Crippen LogP contribution in [0.5, 0.6) is 5.75 Å². The van der Waals surface area contributed by atoms with E-state index in [0.717, 1.165) is 35.0 Å². The first-order chi connectivity index (χ1) is 11.2. The van der Waals surface area contributed by atoms with Gasteiger partial charge in [0.25, 0.3) is 0 Å². The van der Waals surface area contributed by atoms with Gasteiger partial charge in [0.15, 0.2) is 5.82 Å². The molecule has 0 N–H and O–H groups in total. The van der Waals surface area contributed by atoms with E-state index in [0.29, 0.717) is 6.61 Å². The van der Waals surface area contributed by atoms with Gasteiger partial charge in [-0.05, 0) is 50.1 Å². The van der Waals surface area contributed by atoms with Crippen molar-refractivity contribution in [3.63, 3.8) is 0 Å². The molecular weight excluding hydrogens is 288 g/mol. The van der Waals surface area contributed by atoms with Crippen molar-refractivity contribution in [3.05, 3.63) is 53.9 Å². The SMILES string of the molecule is CCCOc1ccccc1N=Nc1c(C)nc2cc(C)ccn12. The number of imidazole rings is 1. The van der Waals surface area contributed by atoms with E-state index in [-0.39, 0.29) is 0 Å². The van der Waals surface area contributed by atoms with Crippen molar-refractivity contribution in [2.75, 3.05) is 6.61 Å². The van der Waals surface area contributed by atoms with Crippen LogP contribution in [0.3, 0.4) is 0 Å². The highest BCUT2D eigenvalue weighted by atomic mass is 16.5. The zero-order valence-corrected chi connectivity index (χ0v) is 13.7. The summed E-state index contributed by atoms with van der Waals surface area (Å²) in [6, 6.07) is 11.7. The lowest BCUT2D eigenvalue weighted by atomic mass is 10.3. The molecule has 0 unspecified atom stereocenters. The molecule has 5 nitrogen and oxygen atoms in total. The summed E-state index contributed by atoms with van der Waals surface area (Å²) in [4.78, 5) is 4.54. The maximum absolute atomic E-state index is 5.71. The van der Waals surface area contributed by atoms with Crippen LogP contribution in [0.25, 0.3) is 5.65 Å². The Balaban J connectivity index is 1.96. The fraction of sp³-hybridized carbons (Fsp3) is 0.278. The molecule has 118 valence electrons. The number of para-hydroxylation sites is 1. The van der Waals surface area contributed by atoms with Crippen molar-refractivity contribution in [2.45, 2.75) is 27.2 Å². The Morgan fingerprint density at radius 1 is 1.13 bits per heavy atom. The van der Waals surface area contributed by atoms with Crippen LogP contribution in [-0.4, -0.2) is 16.0 Å². The van der Waals surface area contributed by atoms with Gasteiger partial charge in [0, 0.05) is 6.20 Å². The minimum atomic E-state index is 0.667. The smallest absolute Gasteiger partial charge is 0.182 e. The van der Waals surface area contributed by atoms with Gasteiger partial charge in [0.05, 0.1) is 12.3 Å². The summed E-state index contributed by atoms with van der Waals surface area (Å²) in [5, 5.41) is 8.78. The van der Waals surface area contributed by atoms with Gasteiger partial charge < -0.3 is 4.74 Å². The third kappa shape index (κ3) is 3.23. The Labute approximate surface area is 135 Å². The first kappa shape index (κ1) is 15.2. The van der Waals surface area contributed by atoms with E-state index in [9.17, 15) is 0 Å². The van der Waals surface area contributed by atoms with Crippen LogP contribution >= 0.6 is 0 Å². The average Bonchev–Trinajstić information content (AvgIpc) is 2.86. The lowest BCUT2D eigenvalue weighted by Crippen LogP contribution is -1.94. The van der Waals surface area contributed by atoms with Crippen LogP contribution < -0.4 is 4.74 Å². The van der Waals surface area contributed by atoms with Gasteiger partial charge in [-0.25, -0.2) is 4.98 Å². The maximum Gasteiger partial charge on any atom is 0.182 e. The quantitative estimate of drug-likeness (QED) is 0.612. The van der Waals surface area contributed by atoms with Crippen LogP contribution in [0.4, 0.5) is 11.5 Å². The third-order valence-electron chi connectivity index (χ3n) is 3.50. The summed E-state index contributed by atoms with van der Waals surface area (Å²) in [6.45, 7) is 6.73. The Hall–Kier alpha value is -2.69. The second-order valence-corrected chi connectivity index (χ2v) is 5.47. The zero-order valence-electron chi connectivity index (χ0n) is 13.7. The molecule has 1 aromatic carbocycles. The monoisotopic (exact) mass is 308 g/mol. The van der Waals surface area contributed by atoms with Crippen molar-refractivity contribution >= 4 is 17.2 Å². The van der Waals surface area contributed by atoms with Crippen molar-refractivity contribution in [2.24, 2.45) is 10.2 Å². The number of aromatic nitrogens is 2. The van der Waals surface area contributed by atoms with Gasteiger partial charge in [0.1, 0.15) is 17.1 Å². The number of aryl methyl sites for hydroxylation is 2.